The number of benzene rings is 4. The first-order chi connectivity index (χ1) is 30.7. The summed E-state index contributed by atoms with van der Waals surface area (Å²) in [6.07, 6.45) is 8.10. The molecule has 1 fully saturated rings. The molecule has 2 N–H and O–H groups in total. The summed E-state index contributed by atoms with van der Waals surface area (Å²) in [6.45, 7) is 10.6. The van der Waals surface area contributed by atoms with Crippen LogP contribution in [0, 0.1) is 37.4 Å². The lowest BCUT2D eigenvalue weighted by Gasteiger charge is -2.59. The lowest BCUT2D eigenvalue weighted by atomic mass is 9.55. The van der Waals surface area contributed by atoms with Crippen molar-refractivity contribution in [2.75, 3.05) is 26.4 Å². The number of allylic oxidation sites excluding steroid dienone is 1. The van der Waals surface area contributed by atoms with Crippen molar-refractivity contribution >= 4 is 11.8 Å². The zero-order chi connectivity index (χ0) is 44.3. The van der Waals surface area contributed by atoms with Gasteiger partial charge in [-0.15, -0.1) is 6.58 Å². The third kappa shape index (κ3) is 10.3. The smallest absolute Gasteiger partial charge is 0.410 e. The summed E-state index contributed by atoms with van der Waals surface area (Å²) in [6, 6.07) is 27.1. The van der Waals surface area contributed by atoms with Crippen molar-refractivity contribution in [1.82, 2.24) is 4.90 Å². The van der Waals surface area contributed by atoms with E-state index in [0.29, 0.717) is 35.6 Å². The Kier molecular flexibility index (Phi) is 15.4. The van der Waals surface area contributed by atoms with E-state index in [2.05, 4.69) is 32.6 Å². The van der Waals surface area contributed by atoms with Gasteiger partial charge in [0.2, 0.25) is 5.79 Å². The molecule has 1 amide bonds. The van der Waals surface area contributed by atoms with E-state index in [9.17, 15) is 19.4 Å². The van der Waals surface area contributed by atoms with Gasteiger partial charge in [0.1, 0.15) is 35.7 Å². The minimum Gasteiger partial charge on any atom is -0.459 e. The molecule has 10 nitrogen and oxygen atoms in total. The Morgan fingerprint density at radius 2 is 1.65 bits per heavy atom. The summed E-state index contributed by atoms with van der Waals surface area (Å²) < 4.78 is 41.1. The Labute approximate surface area is 371 Å². The average molecular weight is 861 g/mol. The lowest BCUT2D eigenvalue weighted by molar-refractivity contribution is -0.256. The van der Waals surface area contributed by atoms with Crippen LogP contribution in [0.5, 0.6) is 17.2 Å². The highest BCUT2D eigenvalue weighted by atomic mass is 19.1. The fourth-order valence-electron chi connectivity index (χ4n) is 9.68. The molecule has 4 aromatic carbocycles. The van der Waals surface area contributed by atoms with Crippen molar-refractivity contribution < 1.29 is 43.2 Å². The monoisotopic (exact) mass is 860 g/mol. The Bertz CT molecular complexity index is 2230. The maximum Gasteiger partial charge on any atom is 0.410 e. The number of hydrogen-bond acceptors (Lipinski definition) is 9. The van der Waals surface area contributed by atoms with Crippen LogP contribution < -0.4 is 9.47 Å². The standard InChI is InChI=1S/C52H61FN2O8/c1-5-28-60-52-48(55(51(58)59-6-2)33-37-19-21-40(53)22-20-37)32-46(54-61-34-38-14-8-7-9-15-38)44-30-39(16-10-12-26-56)43(17-11-13-27-57)49(50(44)52)45-31-42(24-25-47(45)63-52)62-41-23-18-35(3)36(4)29-41/h5,7-9,14-15,18-25,29-31,39,43,48-50,56-57H,1,6,10-13,16-17,26-28,32-34H2,2-4H3. The highest BCUT2D eigenvalue weighted by molar-refractivity contribution is 6.03. The summed E-state index contributed by atoms with van der Waals surface area (Å²) in [5, 5.41) is 24.9. The van der Waals surface area contributed by atoms with Gasteiger partial charge in [-0.05, 0) is 129 Å². The minimum atomic E-state index is -1.50. The molecule has 334 valence electrons. The molecule has 3 aliphatic rings. The molecule has 0 bridgehead atoms. The van der Waals surface area contributed by atoms with E-state index >= 15 is 0 Å². The highest BCUT2D eigenvalue weighted by Crippen LogP contribution is 2.62. The Balaban J connectivity index is 1.45. The van der Waals surface area contributed by atoms with Crippen molar-refractivity contribution in [3.8, 4) is 17.2 Å². The van der Waals surface area contributed by atoms with E-state index in [-0.39, 0.29) is 69.6 Å². The van der Waals surface area contributed by atoms with Gasteiger partial charge in [-0.1, -0.05) is 78.7 Å². The van der Waals surface area contributed by atoms with Crippen LogP contribution in [0.4, 0.5) is 9.18 Å². The molecule has 63 heavy (non-hydrogen) atoms. The maximum atomic E-state index is 14.5. The van der Waals surface area contributed by atoms with Gasteiger partial charge < -0.3 is 34.0 Å². The second-order valence-electron chi connectivity index (χ2n) is 16.8. The van der Waals surface area contributed by atoms with Crippen LogP contribution in [-0.2, 0) is 27.5 Å². The van der Waals surface area contributed by atoms with E-state index < -0.39 is 23.8 Å². The molecular formula is C52H61FN2O8. The molecule has 0 saturated heterocycles. The quantitative estimate of drug-likeness (QED) is 0.0512. The number of hydrogen-bond donors (Lipinski definition) is 2. The second-order valence-corrected chi connectivity index (χ2v) is 16.8. The summed E-state index contributed by atoms with van der Waals surface area (Å²) in [5.41, 5.74) is 6.46. The number of aliphatic hydroxyl groups excluding tert-OH is 2. The SMILES string of the molecule is C=CCOC12Oc3ccc(Oc4ccc(C)c(C)c4)cc3C3C(CCCCO)C(CCCCO)C=C(C(=NOCc4ccccc4)CC1N(Cc1ccc(F)cc1)C(=O)OCC)C32. The largest absolute Gasteiger partial charge is 0.459 e. The molecule has 2 aliphatic carbocycles. The number of carbonyl (C=O) groups excluding carboxylic acids is 1. The van der Waals surface area contributed by atoms with Crippen LogP contribution >= 0.6 is 0 Å². The number of halogens is 1. The molecule has 11 heteroatoms. The van der Waals surface area contributed by atoms with Crippen molar-refractivity contribution in [2.45, 2.75) is 96.6 Å². The molecule has 0 aromatic heterocycles. The predicted octanol–water partition coefficient (Wildman–Crippen LogP) is 10.7. The fraction of sp³-hybridized carbons (Fsp3) is 0.423. The molecule has 6 unspecified atom stereocenters. The molecule has 4 aromatic rings. The zero-order valence-electron chi connectivity index (χ0n) is 36.7. The molecular weight excluding hydrogens is 800 g/mol. The molecule has 1 heterocycles. The third-order valence-corrected chi connectivity index (χ3v) is 12.8. The third-order valence-electron chi connectivity index (χ3n) is 12.8. The van der Waals surface area contributed by atoms with Gasteiger partial charge in [-0.25, -0.2) is 9.18 Å². The van der Waals surface area contributed by atoms with Crippen LogP contribution in [0.3, 0.4) is 0 Å². The summed E-state index contributed by atoms with van der Waals surface area (Å²) in [7, 11) is 0. The second kappa shape index (κ2) is 21.3. The van der Waals surface area contributed by atoms with Crippen LogP contribution in [0.25, 0.3) is 0 Å². The number of oxime groups is 1. The van der Waals surface area contributed by atoms with E-state index in [0.717, 1.165) is 53.7 Å². The molecule has 6 atom stereocenters. The number of ether oxygens (including phenoxy) is 4. The van der Waals surface area contributed by atoms with Gasteiger partial charge in [-0.2, -0.15) is 0 Å². The number of rotatable bonds is 20. The minimum absolute atomic E-state index is 0.0218. The van der Waals surface area contributed by atoms with Crippen LogP contribution in [0.2, 0.25) is 0 Å². The normalized spacial score (nSPS) is 22.9. The summed E-state index contributed by atoms with van der Waals surface area (Å²) in [4.78, 5) is 22.3. The van der Waals surface area contributed by atoms with Gasteiger partial charge in [0.15, 0.2) is 0 Å². The molecule has 1 aliphatic heterocycles. The highest BCUT2D eigenvalue weighted by Gasteiger charge is 2.65. The number of nitrogens with zero attached hydrogens (tertiary/aromatic N) is 2. The van der Waals surface area contributed by atoms with Gasteiger partial charge in [-0.3, -0.25) is 4.90 Å². The van der Waals surface area contributed by atoms with E-state index in [1.807, 2.05) is 60.7 Å². The maximum absolute atomic E-state index is 14.5. The number of unbranched alkanes of at least 4 members (excludes halogenated alkanes) is 2. The first kappa shape index (κ1) is 45.5. The van der Waals surface area contributed by atoms with E-state index in [1.54, 1.807) is 30.0 Å². The summed E-state index contributed by atoms with van der Waals surface area (Å²) in [5.74, 6) is -0.616. The number of carbonyl (C=O) groups is 1. The van der Waals surface area contributed by atoms with Crippen molar-refractivity contribution in [3.05, 3.63) is 149 Å². The Morgan fingerprint density at radius 1 is 0.921 bits per heavy atom. The van der Waals surface area contributed by atoms with Crippen molar-refractivity contribution in [1.29, 1.82) is 0 Å². The molecule has 1 saturated carbocycles. The first-order valence-corrected chi connectivity index (χ1v) is 22.4. The molecule has 7 rings (SSSR count). The Morgan fingerprint density at radius 3 is 2.37 bits per heavy atom. The Hall–Kier alpha value is -5.49. The number of fused-ring (bicyclic) bond motifs is 2. The van der Waals surface area contributed by atoms with Gasteiger partial charge in [0, 0.05) is 37.7 Å². The van der Waals surface area contributed by atoms with Gasteiger partial charge in [0.25, 0.3) is 0 Å². The van der Waals surface area contributed by atoms with Crippen molar-refractivity contribution in [3.63, 3.8) is 0 Å². The first-order valence-electron chi connectivity index (χ1n) is 22.4. The van der Waals surface area contributed by atoms with Crippen LogP contribution in [0.1, 0.15) is 85.6 Å². The summed E-state index contributed by atoms with van der Waals surface area (Å²) >= 11 is 0. The number of aliphatic hydroxyl groups is 2. The van der Waals surface area contributed by atoms with Gasteiger partial charge in [0.05, 0.1) is 24.8 Å². The molecule has 0 radical (unpaired) electrons. The fourth-order valence-corrected chi connectivity index (χ4v) is 9.68. The van der Waals surface area contributed by atoms with Gasteiger partial charge >= 0.3 is 6.09 Å². The van der Waals surface area contributed by atoms with Crippen LogP contribution in [-0.4, -0.2) is 65.2 Å². The van der Waals surface area contributed by atoms with Crippen molar-refractivity contribution in [2.24, 2.45) is 22.9 Å². The lowest BCUT2D eigenvalue weighted by Crippen LogP contribution is -2.70. The van der Waals surface area contributed by atoms with E-state index in [1.165, 1.54) is 17.7 Å². The molecule has 0 spiro atoms. The number of aryl methyl sites for hydroxylation is 2. The zero-order valence-corrected chi connectivity index (χ0v) is 36.7. The average Bonchev–Trinajstić information content (AvgIpc) is 3.28. The topological polar surface area (TPSA) is 119 Å². The predicted molar refractivity (Wildman–Crippen MR) is 241 cm³/mol. The van der Waals surface area contributed by atoms with E-state index in [4.69, 9.17) is 28.9 Å². The number of amides is 1. The van der Waals surface area contributed by atoms with Crippen LogP contribution in [0.15, 0.2) is 120 Å².